The second-order valence-corrected chi connectivity index (χ2v) is 7.42. The molecule has 3 rings (SSSR count). The summed E-state index contributed by atoms with van der Waals surface area (Å²) in [4.78, 5) is 32.7. The Morgan fingerprint density at radius 2 is 1.97 bits per heavy atom. The van der Waals surface area contributed by atoms with Crippen molar-refractivity contribution in [2.75, 3.05) is 12.4 Å². The Balaban J connectivity index is 1.67. The highest BCUT2D eigenvalue weighted by molar-refractivity contribution is 6.31. The Morgan fingerprint density at radius 3 is 2.62 bits per heavy atom. The minimum atomic E-state index is -0.715. The number of halogens is 1. The number of methoxy groups -OCH3 is 1. The van der Waals surface area contributed by atoms with Crippen molar-refractivity contribution in [3.05, 3.63) is 53.1 Å². The number of benzene rings is 2. The Kier molecular flexibility index (Phi) is 6.39. The number of aromatic amines is 1. The first-order valence-corrected chi connectivity index (χ1v) is 9.62. The molecule has 1 atom stereocenters. The molecular weight excluding hydrogens is 392 g/mol. The summed E-state index contributed by atoms with van der Waals surface area (Å²) in [6, 6.07) is 11.9. The number of hydrogen-bond acceptors (Lipinski definition) is 4. The van der Waals surface area contributed by atoms with Crippen LogP contribution in [0.1, 0.15) is 19.4 Å². The van der Waals surface area contributed by atoms with Gasteiger partial charge in [-0.2, -0.15) is 0 Å². The van der Waals surface area contributed by atoms with Crippen LogP contribution in [0.4, 0.5) is 5.95 Å². The highest BCUT2D eigenvalue weighted by atomic mass is 35.5. The van der Waals surface area contributed by atoms with Crippen LogP contribution in [0.2, 0.25) is 5.02 Å². The standard InChI is InChI=1S/C21H23ClN4O3/c1-12(2)19(20(28)26-21-23-16-6-4-5-7-17(16)24-21)25-18(27)10-13-8-9-14(29-3)11-15(13)22/h4-9,11-12,19H,10H2,1-3H3,(H,25,27)(H2,23,24,26,28)/t19-/m1/s1. The third-order valence-electron chi connectivity index (χ3n) is 4.51. The summed E-state index contributed by atoms with van der Waals surface area (Å²) >= 11 is 6.21. The van der Waals surface area contributed by atoms with E-state index < -0.39 is 6.04 Å². The summed E-state index contributed by atoms with van der Waals surface area (Å²) in [6.45, 7) is 3.73. The van der Waals surface area contributed by atoms with Gasteiger partial charge in [0.15, 0.2) is 0 Å². The number of amides is 2. The molecule has 7 nitrogen and oxygen atoms in total. The van der Waals surface area contributed by atoms with E-state index in [2.05, 4.69) is 20.6 Å². The molecule has 0 radical (unpaired) electrons. The van der Waals surface area contributed by atoms with Crippen molar-refractivity contribution >= 4 is 40.4 Å². The molecule has 2 aromatic carbocycles. The molecule has 0 aliphatic carbocycles. The molecule has 0 unspecified atom stereocenters. The largest absolute Gasteiger partial charge is 0.497 e. The lowest BCUT2D eigenvalue weighted by atomic mass is 10.0. The van der Waals surface area contributed by atoms with Crippen LogP contribution < -0.4 is 15.4 Å². The number of carbonyl (C=O) groups is 2. The fourth-order valence-electron chi connectivity index (χ4n) is 2.94. The first-order valence-electron chi connectivity index (χ1n) is 9.24. The van der Waals surface area contributed by atoms with Gasteiger partial charge in [0.1, 0.15) is 11.8 Å². The second-order valence-electron chi connectivity index (χ2n) is 7.02. The molecule has 0 spiro atoms. The Labute approximate surface area is 173 Å². The Morgan fingerprint density at radius 1 is 1.21 bits per heavy atom. The van der Waals surface area contributed by atoms with E-state index >= 15 is 0 Å². The van der Waals surface area contributed by atoms with E-state index in [-0.39, 0.29) is 24.2 Å². The smallest absolute Gasteiger partial charge is 0.249 e. The van der Waals surface area contributed by atoms with Crippen LogP contribution >= 0.6 is 11.6 Å². The molecule has 3 N–H and O–H groups in total. The monoisotopic (exact) mass is 414 g/mol. The molecule has 1 aromatic heterocycles. The lowest BCUT2D eigenvalue weighted by Gasteiger charge is -2.21. The van der Waals surface area contributed by atoms with Gasteiger partial charge in [0.05, 0.1) is 24.6 Å². The maximum atomic E-state index is 12.7. The number of aromatic nitrogens is 2. The number of fused-ring (bicyclic) bond motifs is 1. The van der Waals surface area contributed by atoms with Crippen molar-refractivity contribution in [3.63, 3.8) is 0 Å². The van der Waals surface area contributed by atoms with E-state index in [4.69, 9.17) is 16.3 Å². The summed E-state index contributed by atoms with van der Waals surface area (Å²) in [5.74, 6) is 0.206. The lowest BCUT2D eigenvalue weighted by Crippen LogP contribution is -2.47. The van der Waals surface area contributed by atoms with Gasteiger partial charge in [-0.05, 0) is 35.7 Å². The minimum absolute atomic E-state index is 0.0595. The molecule has 0 fully saturated rings. The molecule has 3 aromatic rings. The third-order valence-corrected chi connectivity index (χ3v) is 4.86. The zero-order valence-corrected chi connectivity index (χ0v) is 17.2. The molecule has 0 aliphatic heterocycles. The Hall–Kier alpha value is -3.06. The molecule has 0 saturated carbocycles. The summed E-state index contributed by atoms with van der Waals surface area (Å²) in [6.07, 6.45) is 0.0595. The van der Waals surface area contributed by atoms with Crippen LogP contribution in [0.15, 0.2) is 42.5 Å². The van der Waals surface area contributed by atoms with Gasteiger partial charge in [0.25, 0.3) is 0 Å². The molecule has 1 heterocycles. The fraction of sp³-hybridized carbons (Fsp3) is 0.286. The predicted molar refractivity (Wildman–Crippen MR) is 113 cm³/mol. The average Bonchev–Trinajstić information content (AvgIpc) is 3.09. The van der Waals surface area contributed by atoms with E-state index in [1.54, 1.807) is 25.3 Å². The molecule has 8 heteroatoms. The van der Waals surface area contributed by atoms with Gasteiger partial charge >= 0.3 is 0 Å². The summed E-state index contributed by atoms with van der Waals surface area (Å²) in [5.41, 5.74) is 2.23. The van der Waals surface area contributed by atoms with Crippen LogP contribution in [0.5, 0.6) is 5.75 Å². The van der Waals surface area contributed by atoms with Crippen molar-refractivity contribution < 1.29 is 14.3 Å². The van der Waals surface area contributed by atoms with Crippen LogP contribution in [0.3, 0.4) is 0 Å². The highest BCUT2D eigenvalue weighted by Gasteiger charge is 2.25. The van der Waals surface area contributed by atoms with Crippen LogP contribution in [-0.2, 0) is 16.0 Å². The number of H-pyrrole nitrogens is 1. The molecule has 29 heavy (non-hydrogen) atoms. The van der Waals surface area contributed by atoms with E-state index in [1.165, 1.54) is 0 Å². The van der Waals surface area contributed by atoms with Crippen LogP contribution in [0.25, 0.3) is 11.0 Å². The molecule has 2 amide bonds. The van der Waals surface area contributed by atoms with E-state index in [0.717, 1.165) is 11.0 Å². The molecule has 0 aliphatic rings. The minimum Gasteiger partial charge on any atom is -0.497 e. The van der Waals surface area contributed by atoms with E-state index in [1.807, 2.05) is 38.1 Å². The SMILES string of the molecule is COc1ccc(CC(=O)N[C@@H](C(=O)Nc2nc3ccccc3[nH]2)C(C)C)c(Cl)c1. The summed E-state index contributed by atoms with van der Waals surface area (Å²) in [5, 5.41) is 5.97. The topological polar surface area (TPSA) is 96.1 Å². The average molecular weight is 415 g/mol. The van der Waals surface area contributed by atoms with Gasteiger partial charge in [-0.1, -0.05) is 43.6 Å². The van der Waals surface area contributed by atoms with Gasteiger partial charge in [-0.25, -0.2) is 4.98 Å². The van der Waals surface area contributed by atoms with Gasteiger partial charge < -0.3 is 15.0 Å². The third kappa shape index (κ3) is 5.06. The Bertz CT molecular complexity index is 999. The number of ether oxygens (including phenoxy) is 1. The number of carbonyl (C=O) groups excluding carboxylic acids is 2. The number of nitrogens with zero attached hydrogens (tertiary/aromatic N) is 1. The van der Waals surface area contributed by atoms with E-state index in [9.17, 15) is 9.59 Å². The van der Waals surface area contributed by atoms with Gasteiger partial charge in [-0.15, -0.1) is 0 Å². The van der Waals surface area contributed by atoms with Crippen molar-refractivity contribution in [3.8, 4) is 5.75 Å². The van der Waals surface area contributed by atoms with Gasteiger partial charge in [0, 0.05) is 5.02 Å². The zero-order valence-electron chi connectivity index (χ0n) is 16.5. The number of nitrogens with one attached hydrogen (secondary N) is 3. The second kappa shape index (κ2) is 8.96. The van der Waals surface area contributed by atoms with Gasteiger partial charge in [0.2, 0.25) is 17.8 Å². The quantitative estimate of drug-likeness (QED) is 0.550. The van der Waals surface area contributed by atoms with Crippen molar-refractivity contribution in [1.29, 1.82) is 0 Å². The number of para-hydroxylation sites is 2. The number of imidazole rings is 1. The number of anilines is 1. The first-order chi connectivity index (χ1) is 13.9. The maximum absolute atomic E-state index is 12.7. The first kappa shape index (κ1) is 20.7. The summed E-state index contributed by atoms with van der Waals surface area (Å²) < 4.78 is 5.11. The predicted octanol–water partition coefficient (Wildman–Crippen LogP) is 3.55. The van der Waals surface area contributed by atoms with Crippen molar-refractivity contribution in [2.45, 2.75) is 26.3 Å². The highest BCUT2D eigenvalue weighted by Crippen LogP contribution is 2.23. The molecule has 152 valence electrons. The van der Waals surface area contributed by atoms with Crippen molar-refractivity contribution in [2.24, 2.45) is 5.92 Å². The lowest BCUT2D eigenvalue weighted by molar-refractivity contribution is -0.127. The van der Waals surface area contributed by atoms with Gasteiger partial charge in [-0.3, -0.25) is 14.9 Å². The summed E-state index contributed by atoms with van der Waals surface area (Å²) in [7, 11) is 1.55. The molecule has 0 saturated heterocycles. The van der Waals surface area contributed by atoms with Crippen LogP contribution in [0, 0.1) is 5.92 Å². The maximum Gasteiger partial charge on any atom is 0.249 e. The van der Waals surface area contributed by atoms with E-state index in [0.29, 0.717) is 22.3 Å². The van der Waals surface area contributed by atoms with Crippen molar-refractivity contribution in [1.82, 2.24) is 15.3 Å². The normalized spacial score (nSPS) is 12.0. The number of rotatable bonds is 7. The molecule has 0 bridgehead atoms. The zero-order chi connectivity index (χ0) is 21.0. The molecular formula is C21H23ClN4O3. The number of hydrogen-bond donors (Lipinski definition) is 3. The van der Waals surface area contributed by atoms with Crippen LogP contribution in [-0.4, -0.2) is 34.9 Å². The fourth-order valence-corrected chi connectivity index (χ4v) is 3.17.